The van der Waals surface area contributed by atoms with Crippen LogP contribution in [0.4, 0.5) is 0 Å². The van der Waals surface area contributed by atoms with E-state index in [0.29, 0.717) is 6.42 Å². The second kappa shape index (κ2) is 5.34. The number of carboxylic acids is 1. The Morgan fingerprint density at radius 1 is 1.36 bits per heavy atom. The lowest BCUT2D eigenvalue weighted by Gasteiger charge is -2.12. The van der Waals surface area contributed by atoms with Crippen molar-refractivity contribution in [1.82, 2.24) is 0 Å². The van der Waals surface area contributed by atoms with Crippen molar-refractivity contribution in [3.8, 4) is 0 Å². The van der Waals surface area contributed by atoms with Crippen LogP contribution in [0.25, 0.3) is 0 Å². The Balaban J connectivity index is 4.51. The minimum absolute atomic E-state index is 0.0323. The summed E-state index contributed by atoms with van der Waals surface area (Å²) in [7, 11) is -3.47. The van der Waals surface area contributed by atoms with Crippen LogP contribution in [-0.4, -0.2) is 30.5 Å². The van der Waals surface area contributed by atoms with Crippen LogP contribution in [0.15, 0.2) is 0 Å². The highest BCUT2D eigenvalue weighted by Crippen LogP contribution is 2.11. The van der Waals surface area contributed by atoms with Gasteiger partial charge in [-0.3, -0.25) is 4.79 Å². The molecule has 0 fully saturated rings. The van der Waals surface area contributed by atoms with Gasteiger partial charge in [0.25, 0.3) is 0 Å². The molecular formula is C9H18O4S. The highest BCUT2D eigenvalue weighted by Gasteiger charge is 2.30. The van der Waals surface area contributed by atoms with E-state index in [-0.39, 0.29) is 18.1 Å². The second-order valence-corrected chi connectivity index (χ2v) is 6.09. The first kappa shape index (κ1) is 13.4. The molecule has 0 bridgehead atoms. The Bertz CT molecular complexity index is 279. The largest absolute Gasteiger partial charge is 0.480 e. The average Bonchev–Trinajstić information content (AvgIpc) is 2.01. The molecule has 0 heterocycles. The van der Waals surface area contributed by atoms with Gasteiger partial charge in [0.15, 0.2) is 15.1 Å². The van der Waals surface area contributed by atoms with E-state index in [1.54, 1.807) is 6.92 Å². The molecule has 0 aromatic rings. The third-order valence-corrected chi connectivity index (χ3v) is 4.27. The fraction of sp³-hybridized carbons (Fsp3) is 0.889. The molecule has 0 rings (SSSR count). The maximum atomic E-state index is 11.5. The molecule has 1 N–H and O–H groups in total. The van der Waals surface area contributed by atoms with Crippen molar-refractivity contribution in [2.24, 2.45) is 5.92 Å². The third-order valence-electron chi connectivity index (χ3n) is 2.06. The van der Waals surface area contributed by atoms with Gasteiger partial charge in [-0.15, -0.1) is 0 Å². The number of aliphatic carboxylic acids is 1. The molecule has 0 aromatic heterocycles. The summed E-state index contributed by atoms with van der Waals surface area (Å²) in [5, 5.41) is 7.46. The quantitative estimate of drug-likeness (QED) is 0.735. The molecule has 0 aliphatic heterocycles. The Kier molecular flexibility index (Phi) is 5.12. The summed E-state index contributed by atoms with van der Waals surface area (Å²) in [5.41, 5.74) is 0. The van der Waals surface area contributed by atoms with E-state index in [4.69, 9.17) is 5.11 Å². The van der Waals surface area contributed by atoms with Crippen molar-refractivity contribution in [3.63, 3.8) is 0 Å². The predicted molar refractivity (Wildman–Crippen MR) is 55.0 cm³/mol. The first-order valence-corrected chi connectivity index (χ1v) is 6.47. The summed E-state index contributed by atoms with van der Waals surface area (Å²) < 4.78 is 23.1. The lowest BCUT2D eigenvalue weighted by atomic mass is 10.2. The van der Waals surface area contributed by atoms with Gasteiger partial charge in [0.05, 0.1) is 5.75 Å². The lowest BCUT2D eigenvalue weighted by molar-refractivity contribution is -0.136. The Morgan fingerprint density at radius 2 is 1.86 bits per heavy atom. The van der Waals surface area contributed by atoms with Gasteiger partial charge in [0.2, 0.25) is 0 Å². The molecule has 1 unspecified atom stereocenters. The molecule has 0 amide bonds. The van der Waals surface area contributed by atoms with Crippen LogP contribution in [0.5, 0.6) is 0 Å². The molecule has 1 atom stereocenters. The number of hydrogen-bond donors (Lipinski definition) is 1. The van der Waals surface area contributed by atoms with E-state index in [0.717, 1.165) is 0 Å². The van der Waals surface area contributed by atoms with Crippen molar-refractivity contribution in [2.75, 3.05) is 5.75 Å². The number of sulfone groups is 1. The van der Waals surface area contributed by atoms with Gasteiger partial charge < -0.3 is 5.11 Å². The third kappa shape index (κ3) is 4.09. The van der Waals surface area contributed by atoms with Crippen LogP contribution >= 0.6 is 0 Å². The van der Waals surface area contributed by atoms with Gasteiger partial charge in [0.1, 0.15) is 0 Å². The summed E-state index contributed by atoms with van der Waals surface area (Å²) in [6.07, 6.45) is 0.655. The minimum Gasteiger partial charge on any atom is -0.480 e. The SMILES string of the molecule is CCC(C(=O)O)S(=O)(=O)CCC(C)C. The average molecular weight is 222 g/mol. The van der Waals surface area contributed by atoms with Crippen LogP contribution in [0.2, 0.25) is 0 Å². The first-order valence-electron chi connectivity index (χ1n) is 4.75. The maximum absolute atomic E-state index is 11.5. The summed E-state index contributed by atoms with van der Waals surface area (Å²) >= 11 is 0. The fourth-order valence-electron chi connectivity index (χ4n) is 1.12. The highest BCUT2D eigenvalue weighted by molar-refractivity contribution is 7.92. The fourth-order valence-corrected chi connectivity index (χ4v) is 3.02. The molecule has 0 aliphatic carbocycles. The zero-order chi connectivity index (χ0) is 11.4. The molecule has 0 aliphatic rings. The second-order valence-electron chi connectivity index (χ2n) is 3.78. The Labute approximate surface area is 85.2 Å². The van der Waals surface area contributed by atoms with Crippen molar-refractivity contribution in [2.45, 2.75) is 38.9 Å². The van der Waals surface area contributed by atoms with E-state index in [9.17, 15) is 13.2 Å². The molecule has 0 saturated heterocycles. The van der Waals surface area contributed by atoms with Crippen molar-refractivity contribution in [1.29, 1.82) is 0 Å². The number of carboxylic acid groups (broad SMARTS) is 1. The van der Waals surface area contributed by atoms with Crippen LogP contribution in [0.1, 0.15) is 33.6 Å². The van der Waals surface area contributed by atoms with Gasteiger partial charge in [-0.05, 0) is 18.8 Å². The molecule has 84 valence electrons. The smallest absolute Gasteiger partial charge is 0.321 e. The summed E-state index contributed by atoms with van der Waals surface area (Å²) in [6, 6.07) is 0. The predicted octanol–water partition coefficient (Wildman–Crippen LogP) is 1.31. The van der Waals surface area contributed by atoms with Gasteiger partial charge in [-0.2, -0.15) is 0 Å². The van der Waals surface area contributed by atoms with E-state index in [1.807, 2.05) is 13.8 Å². The molecular weight excluding hydrogens is 204 g/mol. The normalized spacial score (nSPS) is 14.3. The molecule has 0 spiro atoms. The van der Waals surface area contributed by atoms with Gasteiger partial charge in [-0.25, -0.2) is 8.42 Å². The van der Waals surface area contributed by atoms with E-state index < -0.39 is 21.1 Å². The highest BCUT2D eigenvalue weighted by atomic mass is 32.2. The lowest BCUT2D eigenvalue weighted by Crippen LogP contribution is -2.31. The van der Waals surface area contributed by atoms with Crippen LogP contribution in [0, 0.1) is 5.92 Å². The van der Waals surface area contributed by atoms with Crippen molar-refractivity contribution in [3.05, 3.63) is 0 Å². The number of hydrogen-bond acceptors (Lipinski definition) is 3. The Morgan fingerprint density at radius 3 is 2.14 bits per heavy atom. The topological polar surface area (TPSA) is 71.4 Å². The number of carbonyl (C=O) groups is 1. The Hall–Kier alpha value is -0.580. The molecule has 0 saturated carbocycles. The number of rotatable bonds is 6. The molecule has 5 heteroatoms. The molecule has 4 nitrogen and oxygen atoms in total. The summed E-state index contributed by atoms with van der Waals surface area (Å²) in [4.78, 5) is 10.6. The molecule has 14 heavy (non-hydrogen) atoms. The van der Waals surface area contributed by atoms with Gasteiger partial charge in [-0.1, -0.05) is 20.8 Å². The van der Waals surface area contributed by atoms with E-state index in [2.05, 4.69) is 0 Å². The zero-order valence-electron chi connectivity index (χ0n) is 8.86. The van der Waals surface area contributed by atoms with E-state index >= 15 is 0 Å². The van der Waals surface area contributed by atoms with Crippen LogP contribution in [-0.2, 0) is 14.6 Å². The standard InChI is InChI=1S/C9H18O4S/c1-4-8(9(10)11)14(12,13)6-5-7(2)3/h7-8H,4-6H2,1-3H3,(H,10,11). The first-order chi connectivity index (χ1) is 6.31. The molecule has 0 radical (unpaired) electrons. The summed E-state index contributed by atoms with van der Waals surface area (Å²) in [6.45, 7) is 5.40. The van der Waals surface area contributed by atoms with Crippen molar-refractivity contribution >= 4 is 15.8 Å². The monoisotopic (exact) mass is 222 g/mol. The van der Waals surface area contributed by atoms with E-state index in [1.165, 1.54) is 0 Å². The zero-order valence-corrected chi connectivity index (χ0v) is 9.67. The molecule has 0 aromatic carbocycles. The maximum Gasteiger partial charge on any atom is 0.321 e. The van der Waals surface area contributed by atoms with Crippen LogP contribution in [0.3, 0.4) is 0 Å². The summed E-state index contributed by atoms with van der Waals surface area (Å²) in [5.74, 6) is -0.998. The van der Waals surface area contributed by atoms with Gasteiger partial charge >= 0.3 is 5.97 Å². The van der Waals surface area contributed by atoms with Crippen LogP contribution < -0.4 is 0 Å². The van der Waals surface area contributed by atoms with Crippen molar-refractivity contribution < 1.29 is 18.3 Å². The minimum atomic E-state index is -3.47. The van der Waals surface area contributed by atoms with Gasteiger partial charge in [0, 0.05) is 0 Å².